The van der Waals surface area contributed by atoms with Gasteiger partial charge in [-0.2, -0.15) is 0 Å². The Kier molecular flexibility index (Phi) is 4.82. The van der Waals surface area contributed by atoms with Crippen LogP contribution in [0.3, 0.4) is 0 Å². The molecular weight excluding hydrogens is 240 g/mol. The summed E-state index contributed by atoms with van der Waals surface area (Å²) in [6.07, 6.45) is 3.62. The van der Waals surface area contributed by atoms with Gasteiger partial charge in [0.05, 0.1) is 0 Å². The number of hydrogen-bond acceptors (Lipinski definition) is 3. The number of hydrogen-bond donors (Lipinski definition) is 1. The van der Waals surface area contributed by atoms with Crippen LogP contribution in [-0.2, 0) is 13.0 Å². The predicted molar refractivity (Wildman–Crippen MR) is 80.3 cm³/mol. The molecule has 0 spiro atoms. The van der Waals surface area contributed by atoms with E-state index in [9.17, 15) is 0 Å². The van der Waals surface area contributed by atoms with Crippen LogP contribution in [0.5, 0.6) is 0 Å². The lowest BCUT2D eigenvalue weighted by molar-refractivity contribution is 0.119. The predicted octanol–water partition coefficient (Wildman–Crippen LogP) is 3.27. The average Bonchev–Trinajstić information content (AvgIpc) is 2.86. The first kappa shape index (κ1) is 14.0. The fourth-order valence-electron chi connectivity index (χ4n) is 2.92. The van der Waals surface area contributed by atoms with E-state index in [4.69, 9.17) is 0 Å². The third-order valence-corrected chi connectivity index (χ3v) is 5.34. The van der Waals surface area contributed by atoms with E-state index < -0.39 is 0 Å². The van der Waals surface area contributed by atoms with Crippen LogP contribution in [0.15, 0.2) is 11.4 Å². The molecular formula is C15H26N2S. The van der Waals surface area contributed by atoms with Crippen LogP contribution < -0.4 is 5.32 Å². The van der Waals surface area contributed by atoms with E-state index in [-0.39, 0.29) is 0 Å². The van der Waals surface area contributed by atoms with Crippen LogP contribution in [0.4, 0.5) is 0 Å². The minimum Gasteiger partial charge on any atom is -0.309 e. The fourth-order valence-corrected chi connectivity index (χ4v) is 3.94. The molecule has 18 heavy (non-hydrogen) atoms. The number of aryl methyl sites for hydroxylation is 1. The molecule has 2 nitrogen and oxygen atoms in total. The molecule has 1 N–H and O–H groups in total. The van der Waals surface area contributed by atoms with Crippen LogP contribution in [0, 0.1) is 0 Å². The van der Waals surface area contributed by atoms with E-state index in [1.165, 1.54) is 31.5 Å². The zero-order chi connectivity index (χ0) is 13.0. The van der Waals surface area contributed by atoms with Gasteiger partial charge < -0.3 is 5.32 Å². The standard InChI is InChI=1S/C15H26N2S/c1-4-13-7-10-18-14(13)11-17-9-8-16-15(5-2,6-3)12-17/h7,10,16H,4-6,8-9,11-12H2,1-3H3. The second-order valence-electron chi connectivity index (χ2n) is 5.35. The molecule has 1 saturated heterocycles. The van der Waals surface area contributed by atoms with Crippen molar-refractivity contribution in [2.45, 2.75) is 52.1 Å². The molecule has 1 aliphatic rings. The molecule has 0 saturated carbocycles. The topological polar surface area (TPSA) is 15.3 Å². The Bertz CT molecular complexity index is 368. The summed E-state index contributed by atoms with van der Waals surface area (Å²) < 4.78 is 0. The van der Waals surface area contributed by atoms with Gasteiger partial charge in [0.25, 0.3) is 0 Å². The zero-order valence-corrected chi connectivity index (χ0v) is 12.8. The molecule has 2 heterocycles. The van der Waals surface area contributed by atoms with Gasteiger partial charge in [-0.25, -0.2) is 0 Å². The molecule has 1 aromatic heterocycles. The maximum atomic E-state index is 3.73. The Balaban J connectivity index is 2.01. The Morgan fingerprint density at radius 1 is 1.33 bits per heavy atom. The van der Waals surface area contributed by atoms with Gasteiger partial charge in [-0.1, -0.05) is 20.8 Å². The molecule has 102 valence electrons. The number of piperazine rings is 1. The van der Waals surface area contributed by atoms with Crippen molar-refractivity contribution in [2.75, 3.05) is 19.6 Å². The zero-order valence-electron chi connectivity index (χ0n) is 12.0. The van der Waals surface area contributed by atoms with Crippen molar-refractivity contribution in [1.82, 2.24) is 10.2 Å². The largest absolute Gasteiger partial charge is 0.309 e. The summed E-state index contributed by atoms with van der Waals surface area (Å²) in [5.74, 6) is 0. The lowest BCUT2D eigenvalue weighted by atomic mass is 9.90. The quantitative estimate of drug-likeness (QED) is 0.880. The van der Waals surface area contributed by atoms with Crippen molar-refractivity contribution in [3.05, 3.63) is 21.9 Å². The number of thiophene rings is 1. The summed E-state index contributed by atoms with van der Waals surface area (Å²) in [6, 6.07) is 2.29. The van der Waals surface area contributed by atoms with Crippen molar-refractivity contribution in [2.24, 2.45) is 0 Å². The third-order valence-electron chi connectivity index (χ3n) is 4.39. The van der Waals surface area contributed by atoms with Crippen LogP contribution in [-0.4, -0.2) is 30.1 Å². The number of nitrogens with one attached hydrogen (secondary N) is 1. The molecule has 0 aliphatic carbocycles. The maximum Gasteiger partial charge on any atom is 0.0332 e. The summed E-state index contributed by atoms with van der Waals surface area (Å²) >= 11 is 1.92. The van der Waals surface area contributed by atoms with E-state index in [0.29, 0.717) is 5.54 Å². The highest BCUT2D eigenvalue weighted by Gasteiger charge is 2.31. The monoisotopic (exact) mass is 266 g/mol. The van der Waals surface area contributed by atoms with Gasteiger partial charge in [-0.15, -0.1) is 11.3 Å². The van der Waals surface area contributed by atoms with Crippen LogP contribution in [0.1, 0.15) is 44.1 Å². The van der Waals surface area contributed by atoms with Crippen LogP contribution in [0.2, 0.25) is 0 Å². The summed E-state index contributed by atoms with van der Waals surface area (Å²) in [5.41, 5.74) is 1.89. The molecule has 1 aromatic rings. The van der Waals surface area contributed by atoms with Gasteiger partial charge in [-0.3, -0.25) is 4.90 Å². The summed E-state index contributed by atoms with van der Waals surface area (Å²) in [5, 5.41) is 5.97. The molecule has 0 bridgehead atoms. The first-order chi connectivity index (χ1) is 8.73. The second kappa shape index (κ2) is 6.18. The molecule has 0 radical (unpaired) electrons. The highest BCUT2D eigenvalue weighted by atomic mass is 32.1. The van der Waals surface area contributed by atoms with Crippen LogP contribution >= 0.6 is 11.3 Å². The van der Waals surface area contributed by atoms with Crippen LogP contribution in [0.25, 0.3) is 0 Å². The van der Waals surface area contributed by atoms with E-state index in [0.717, 1.165) is 19.5 Å². The summed E-state index contributed by atoms with van der Waals surface area (Å²) in [6.45, 7) is 11.5. The van der Waals surface area contributed by atoms with Gasteiger partial charge in [0.15, 0.2) is 0 Å². The Morgan fingerprint density at radius 2 is 2.11 bits per heavy atom. The van der Waals surface area contributed by atoms with E-state index in [1.807, 2.05) is 11.3 Å². The van der Waals surface area contributed by atoms with Gasteiger partial charge in [0.2, 0.25) is 0 Å². The molecule has 0 aromatic carbocycles. The fraction of sp³-hybridized carbons (Fsp3) is 0.733. The Hall–Kier alpha value is -0.380. The highest BCUT2D eigenvalue weighted by molar-refractivity contribution is 7.10. The van der Waals surface area contributed by atoms with E-state index in [2.05, 4.69) is 42.4 Å². The number of nitrogens with zero attached hydrogens (tertiary/aromatic N) is 1. The molecule has 1 aliphatic heterocycles. The Labute approximate surface area is 115 Å². The lowest BCUT2D eigenvalue weighted by Crippen LogP contribution is -2.59. The first-order valence-corrected chi connectivity index (χ1v) is 8.13. The molecule has 2 rings (SSSR count). The molecule has 0 atom stereocenters. The maximum absolute atomic E-state index is 3.73. The molecule has 1 fully saturated rings. The normalized spacial score (nSPS) is 20.2. The van der Waals surface area contributed by atoms with E-state index >= 15 is 0 Å². The van der Waals surface area contributed by atoms with Crippen molar-refractivity contribution < 1.29 is 0 Å². The van der Waals surface area contributed by atoms with Crippen molar-refractivity contribution in [1.29, 1.82) is 0 Å². The van der Waals surface area contributed by atoms with Gasteiger partial charge in [0, 0.05) is 36.6 Å². The second-order valence-corrected chi connectivity index (χ2v) is 6.35. The minimum atomic E-state index is 0.349. The molecule has 0 unspecified atom stereocenters. The Morgan fingerprint density at radius 3 is 2.78 bits per heavy atom. The summed E-state index contributed by atoms with van der Waals surface area (Å²) in [7, 11) is 0. The smallest absolute Gasteiger partial charge is 0.0332 e. The van der Waals surface area contributed by atoms with Crippen molar-refractivity contribution in [3.8, 4) is 0 Å². The first-order valence-electron chi connectivity index (χ1n) is 7.25. The van der Waals surface area contributed by atoms with Crippen molar-refractivity contribution >= 4 is 11.3 Å². The van der Waals surface area contributed by atoms with Gasteiger partial charge in [-0.05, 0) is 36.3 Å². The SMILES string of the molecule is CCc1ccsc1CN1CCNC(CC)(CC)C1. The average molecular weight is 266 g/mol. The lowest BCUT2D eigenvalue weighted by Gasteiger charge is -2.43. The van der Waals surface area contributed by atoms with Gasteiger partial charge >= 0.3 is 0 Å². The molecule has 3 heteroatoms. The molecule has 0 amide bonds. The highest BCUT2D eigenvalue weighted by Crippen LogP contribution is 2.24. The number of rotatable bonds is 5. The minimum absolute atomic E-state index is 0.349. The van der Waals surface area contributed by atoms with E-state index in [1.54, 1.807) is 4.88 Å². The summed E-state index contributed by atoms with van der Waals surface area (Å²) in [4.78, 5) is 4.20. The van der Waals surface area contributed by atoms with Gasteiger partial charge in [0.1, 0.15) is 0 Å². The third kappa shape index (κ3) is 2.95. The van der Waals surface area contributed by atoms with Crippen molar-refractivity contribution in [3.63, 3.8) is 0 Å².